The van der Waals surface area contributed by atoms with Gasteiger partial charge in [0.2, 0.25) is 5.91 Å². The molecule has 2 unspecified atom stereocenters. The summed E-state index contributed by atoms with van der Waals surface area (Å²) in [4.78, 5) is 21.6. The van der Waals surface area contributed by atoms with Gasteiger partial charge in [-0.2, -0.15) is 5.10 Å². The molecule has 28 heavy (non-hydrogen) atoms. The van der Waals surface area contributed by atoms with E-state index in [2.05, 4.69) is 39.3 Å². The molecule has 3 heterocycles. The lowest BCUT2D eigenvalue weighted by atomic mass is 10.0. The predicted molar refractivity (Wildman–Crippen MR) is 111 cm³/mol. The van der Waals surface area contributed by atoms with Crippen LogP contribution in [0.2, 0.25) is 0 Å². The van der Waals surface area contributed by atoms with Crippen LogP contribution in [-0.2, 0) is 4.79 Å². The summed E-state index contributed by atoms with van der Waals surface area (Å²) in [5.74, 6) is 1.20. The maximum atomic E-state index is 12.8. The molecule has 3 aliphatic heterocycles. The highest BCUT2D eigenvalue weighted by atomic mass is 16.5. The van der Waals surface area contributed by atoms with Crippen LogP contribution < -0.4 is 9.64 Å². The summed E-state index contributed by atoms with van der Waals surface area (Å²) in [6.07, 6.45) is 5.78. The van der Waals surface area contributed by atoms with Gasteiger partial charge in [0.25, 0.3) is 0 Å². The molecule has 1 aromatic carbocycles. The van der Waals surface area contributed by atoms with Gasteiger partial charge in [-0.25, -0.2) is 0 Å². The van der Waals surface area contributed by atoms with E-state index in [-0.39, 0.29) is 24.5 Å². The standard InChI is InChI=1S/C21H27N5O2/c1-15-6-7-17(13-19(15)28-3)24-9-11-25(12-10-24)20(27)14-26-21-18(16(2)23-26)5-4-8-22-21/h4-8,13,18,21H,9-12,14H2,1-3H3. The Labute approximate surface area is 166 Å². The molecule has 0 spiro atoms. The summed E-state index contributed by atoms with van der Waals surface area (Å²) in [5.41, 5.74) is 3.28. The van der Waals surface area contributed by atoms with Gasteiger partial charge in [0, 0.05) is 49.9 Å². The van der Waals surface area contributed by atoms with Gasteiger partial charge in [0.1, 0.15) is 18.5 Å². The summed E-state index contributed by atoms with van der Waals surface area (Å²) >= 11 is 0. The van der Waals surface area contributed by atoms with Crippen molar-refractivity contribution in [3.05, 3.63) is 35.9 Å². The number of piperazine rings is 1. The first-order valence-electron chi connectivity index (χ1n) is 9.76. The Morgan fingerprint density at radius 3 is 2.75 bits per heavy atom. The van der Waals surface area contributed by atoms with E-state index in [1.807, 2.05) is 29.8 Å². The number of anilines is 1. The fraction of sp³-hybridized carbons (Fsp3) is 0.476. The summed E-state index contributed by atoms with van der Waals surface area (Å²) < 4.78 is 5.44. The van der Waals surface area contributed by atoms with Crippen molar-refractivity contribution in [1.82, 2.24) is 9.91 Å². The molecular formula is C21H27N5O2. The number of carbonyl (C=O) groups is 1. The molecule has 7 heteroatoms. The van der Waals surface area contributed by atoms with E-state index in [1.54, 1.807) is 13.3 Å². The van der Waals surface area contributed by atoms with Crippen molar-refractivity contribution in [1.29, 1.82) is 0 Å². The Hall–Kier alpha value is -2.83. The maximum absolute atomic E-state index is 12.8. The zero-order valence-corrected chi connectivity index (χ0v) is 16.7. The SMILES string of the molecule is COc1cc(N2CCN(C(=O)CN3N=C(C)C4C=CC=NC43)CC2)ccc1C. The van der Waals surface area contributed by atoms with Gasteiger partial charge in [0.05, 0.1) is 13.0 Å². The minimum atomic E-state index is -0.0738. The number of dihydropyridines is 1. The molecule has 0 radical (unpaired) electrons. The number of ether oxygens (including phenoxy) is 1. The van der Waals surface area contributed by atoms with Crippen LogP contribution in [0.1, 0.15) is 12.5 Å². The van der Waals surface area contributed by atoms with Crippen LogP contribution in [0.5, 0.6) is 5.75 Å². The zero-order valence-electron chi connectivity index (χ0n) is 16.7. The summed E-state index contributed by atoms with van der Waals surface area (Å²) in [6.45, 7) is 7.37. The molecule has 148 valence electrons. The molecule has 1 aromatic rings. The smallest absolute Gasteiger partial charge is 0.244 e. The normalized spacial score (nSPS) is 23.7. The Kier molecular flexibility index (Phi) is 5.07. The lowest BCUT2D eigenvalue weighted by molar-refractivity contribution is -0.133. The number of nitrogens with zero attached hydrogens (tertiary/aromatic N) is 5. The second kappa shape index (κ2) is 7.66. The zero-order chi connectivity index (χ0) is 19.7. The number of aryl methyl sites for hydroxylation is 1. The van der Waals surface area contributed by atoms with Crippen molar-refractivity contribution in [2.24, 2.45) is 16.0 Å². The van der Waals surface area contributed by atoms with E-state index in [1.165, 1.54) is 0 Å². The van der Waals surface area contributed by atoms with Gasteiger partial charge in [-0.3, -0.25) is 14.8 Å². The first kappa shape index (κ1) is 18.5. The van der Waals surface area contributed by atoms with Crippen LogP contribution in [0.3, 0.4) is 0 Å². The second-order valence-corrected chi connectivity index (χ2v) is 7.48. The number of carbonyl (C=O) groups excluding carboxylic acids is 1. The number of aliphatic imine (C=N–C) groups is 1. The molecule has 1 fully saturated rings. The third-order valence-corrected chi connectivity index (χ3v) is 5.72. The average Bonchev–Trinajstić information content (AvgIpc) is 3.04. The molecule has 0 saturated carbocycles. The first-order valence-corrected chi connectivity index (χ1v) is 9.76. The largest absolute Gasteiger partial charge is 0.496 e. The molecule has 0 bridgehead atoms. The van der Waals surface area contributed by atoms with Crippen LogP contribution in [-0.4, -0.2) is 73.7 Å². The topological polar surface area (TPSA) is 60.7 Å². The molecule has 1 saturated heterocycles. The van der Waals surface area contributed by atoms with E-state index in [9.17, 15) is 4.79 Å². The summed E-state index contributed by atoms with van der Waals surface area (Å²) in [6, 6.07) is 6.27. The fourth-order valence-electron chi connectivity index (χ4n) is 4.03. The minimum Gasteiger partial charge on any atom is -0.496 e. The summed E-state index contributed by atoms with van der Waals surface area (Å²) in [7, 11) is 1.70. The predicted octanol–water partition coefficient (Wildman–Crippen LogP) is 1.93. The lowest BCUT2D eigenvalue weighted by Crippen LogP contribution is -2.51. The van der Waals surface area contributed by atoms with Gasteiger partial charge >= 0.3 is 0 Å². The number of fused-ring (bicyclic) bond motifs is 1. The van der Waals surface area contributed by atoms with Crippen molar-refractivity contribution >= 4 is 23.5 Å². The van der Waals surface area contributed by atoms with Crippen molar-refractivity contribution in [2.45, 2.75) is 20.0 Å². The number of amides is 1. The molecule has 7 nitrogen and oxygen atoms in total. The number of rotatable bonds is 4. The van der Waals surface area contributed by atoms with Gasteiger partial charge in [-0.05, 0) is 31.6 Å². The van der Waals surface area contributed by atoms with Crippen LogP contribution in [0.15, 0.2) is 40.4 Å². The Balaban J connectivity index is 1.34. The highest BCUT2D eigenvalue weighted by Gasteiger charge is 2.36. The molecule has 3 aliphatic rings. The highest BCUT2D eigenvalue weighted by Crippen LogP contribution is 2.27. The highest BCUT2D eigenvalue weighted by molar-refractivity contribution is 5.90. The molecule has 1 amide bonds. The Bertz CT molecular complexity index is 839. The number of methoxy groups -OCH3 is 1. The van der Waals surface area contributed by atoms with Gasteiger partial charge in [0.15, 0.2) is 0 Å². The maximum Gasteiger partial charge on any atom is 0.244 e. The van der Waals surface area contributed by atoms with E-state index in [0.29, 0.717) is 13.1 Å². The second-order valence-electron chi connectivity index (χ2n) is 7.48. The van der Waals surface area contributed by atoms with Gasteiger partial charge < -0.3 is 14.5 Å². The number of allylic oxidation sites excluding steroid dienone is 1. The minimum absolute atomic E-state index is 0.0738. The monoisotopic (exact) mass is 381 g/mol. The van der Waals surface area contributed by atoms with Crippen LogP contribution in [0.25, 0.3) is 0 Å². The van der Waals surface area contributed by atoms with Crippen molar-refractivity contribution in [3.8, 4) is 5.75 Å². The number of hydrogen-bond acceptors (Lipinski definition) is 6. The Morgan fingerprint density at radius 2 is 2.00 bits per heavy atom. The van der Waals surface area contributed by atoms with Crippen molar-refractivity contribution in [3.63, 3.8) is 0 Å². The number of hydrazone groups is 1. The van der Waals surface area contributed by atoms with E-state index in [4.69, 9.17) is 4.74 Å². The third-order valence-electron chi connectivity index (χ3n) is 5.72. The molecule has 0 N–H and O–H groups in total. The quantitative estimate of drug-likeness (QED) is 0.800. The third kappa shape index (κ3) is 3.48. The molecular weight excluding hydrogens is 354 g/mol. The molecule has 2 atom stereocenters. The molecule has 4 rings (SSSR count). The number of hydrogen-bond donors (Lipinski definition) is 0. The Morgan fingerprint density at radius 1 is 1.21 bits per heavy atom. The summed E-state index contributed by atoms with van der Waals surface area (Å²) in [5, 5.41) is 6.40. The number of benzene rings is 1. The van der Waals surface area contributed by atoms with E-state index < -0.39 is 0 Å². The fourth-order valence-corrected chi connectivity index (χ4v) is 4.03. The molecule has 0 aliphatic carbocycles. The van der Waals surface area contributed by atoms with Gasteiger partial charge in [-0.1, -0.05) is 12.1 Å². The van der Waals surface area contributed by atoms with Gasteiger partial charge in [-0.15, -0.1) is 0 Å². The van der Waals surface area contributed by atoms with Crippen LogP contribution in [0.4, 0.5) is 5.69 Å². The van der Waals surface area contributed by atoms with E-state index >= 15 is 0 Å². The van der Waals surface area contributed by atoms with Crippen molar-refractivity contribution in [2.75, 3.05) is 44.7 Å². The first-order chi connectivity index (χ1) is 13.6. The average molecular weight is 381 g/mol. The molecule has 0 aromatic heterocycles. The van der Waals surface area contributed by atoms with Crippen molar-refractivity contribution < 1.29 is 9.53 Å². The van der Waals surface area contributed by atoms with Crippen LogP contribution in [0, 0.1) is 12.8 Å². The van der Waals surface area contributed by atoms with E-state index in [0.717, 1.165) is 35.8 Å². The van der Waals surface area contributed by atoms with Crippen LogP contribution >= 0.6 is 0 Å². The lowest BCUT2D eigenvalue weighted by Gasteiger charge is -2.37.